The summed E-state index contributed by atoms with van der Waals surface area (Å²) in [6.07, 6.45) is 1.32. The van der Waals surface area contributed by atoms with Crippen molar-refractivity contribution in [2.75, 3.05) is 14.1 Å². The molecule has 0 spiro atoms. The van der Waals surface area contributed by atoms with Crippen LogP contribution in [0.1, 0.15) is 10.4 Å². The van der Waals surface area contributed by atoms with Gasteiger partial charge in [-0.15, -0.1) is 0 Å². The summed E-state index contributed by atoms with van der Waals surface area (Å²) in [6.45, 7) is 0. The fourth-order valence-corrected chi connectivity index (χ4v) is 3.56. The molecule has 2 aromatic rings. The van der Waals surface area contributed by atoms with Crippen LogP contribution in [0.25, 0.3) is 0 Å². The van der Waals surface area contributed by atoms with Gasteiger partial charge in [0, 0.05) is 30.9 Å². The van der Waals surface area contributed by atoms with Crippen molar-refractivity contribution < 1.29 is 13.2 Å². The molecule has 23 heavy (non-hydrogen) atoms. The molecule has 0 bridgehead atoms. The minimum Gasteiger partial charge on any atom is -0.382 e. The van der Waals surface area contributed by atoms with Crippen LogP contribution in [-0.2, 0) is 9.84 Å². The Morgan fingerprint density at radius 1 is 1.00 bits per heavy atom. The molecule has 2 aromatic carbocycles. The first-order valence-electron chi connectivity index (χ1n) is 6.81. The third-order valence-corrected chi connectivity index (χ3v) is 5.06. The van der Waals surface area contributed by atoms with E-state index in [-0.39, 0.29) is 15.4 Å². The van der Waals surface area contributed by atoms with Crippen LogP contribution in [0.5, 0.6) is 0 Å². The molecule has 4 nitrogen and oxygen atoms in total. The summed E-state index contributed by atoms with van der Waals surface area (Å²) in [5, 5.41) is 0.477. The molecule has 0 amide bonds. The Kier molecular flexibility index (Phi) is 5.23. The Bertz CT molecular complexity index is 826. The van der Waals surface area contributed by atoms with Crippen LogP contribution in [-0.4, -0.2) is 33.2 Å². The van der Waals surface area contributed by atoms with Gasteiger partial charge in [0.15, 0.2) is 0 Å². The van der Waals surface area contributed by atoms with Gasteiger partial charge in [0.25, 0.3) is 0 Å². The third kappa shape index (κ3) is 4.00. The smallest absolute Gasteiger partial charge is 0.211 e. The summed E-state index contributed by atoms with van der Waals surface area (Å²) in [5.74, 6) is -0.570. The molecule has 2 rings (SSSR count). The number of allylic oxidation sites excluding steroid dienone is 1. The topological polar surface area (TPSA) is 54.5 Å². The summed E-state index contributed by atoms with van der Waals surface area (Å²) in [5.41, 5.74) is 0.266. The van der Waals surface area contributed by atoms with Gasteiger partial charge in [0.2, 0.25) is 15.6 Å². The van der Waals surface area contributed by atoms with Crippen LogP contribution in [0.15, 0.2) is 70.6 Å². The van der Waals surface area contributed by atoms with E-state index in [4.69, 9.17) is 11.6 Å². The van der Waals surface area contributed by atoms with Crippen LogP contribution in [0, 0.1) is 0 Å². The zero-order chi connectivity index (χ0) is 17.0. The van der Waals surface area contributed by atoms with Gasteiger partial charge in [-0.1, -0.05) is 29.8 Å². The van der Waals surface area contributed by atoms with Gasteiger partial charge in [0.1, 0.15) is 4.91 Å². The zero-order valence-corrected chi connectivity index (χ0v) is 14.3. The second-order valence-corrected chi connectivity index (χ2v) is 7.46. The Hall–Kier alpha value is -2.11. The highest BCUT2D eigenvalue weighted by molar-refractivity contribution is 7.96. The van der Waals surface area contributed by atoms with Crippen LogP contribution in [0.2, 0.25) is 5.02 Å². The molecule has 0 heterocycles. The first kappa shape index (κ1) is 17.2. The number of ketones is 1. The monoisotopic (exact) mass is 349 g/mol. The van der Waals surface area contributed by atoms with Crippen molar-refractivity contribution in [1.82, 2.24) is 4.90 Å². The number of halogens is 1. The second kappa shape index (κ2) is 6.98. The first-order valence-corrected chi connectivity index (χ1v) is 8.67. The summed E-state index contributed by atoms with van der Waals surface area (Å²) in [7, 11) is -0.592. The van der Waals surface area contributed by atoms with E-state index < -0.39 is 15.6 Å². The first-order chi connectivity index (χ1) is 10.8. The summed E-state index contributed by atoms with van der Waals surface area (Å²) in [6, 6.07) is 14.0. The minimum atomic E-state index is -3.92. The molecule has 0 aliphatic rings. The largest absolute Gasteiger partial charge is 0.382 e. The highest BCUT2D eigenvalue weighted by Gasteiger charge is 2.28. The third-order valence-electron chi connectivity index (χ3n) is 3.05. The molecule has 0 N–H and O–H groups in total. The molecular weight excluding hydrogens is 334 g/mol. The van der Waals surface area contributed by atoms with Gasteiger partial charge in [0.05, 0.1) is 4.90 Å². The van der Waals surface area contributed by atoms with Gasteiger partial charge in [-0.05, 0) is 36.4 Å². The Labute approximate surface area is 140 Å². The van der Waals surface area contributed by atoms with Crippen molar-refractivity contribution in [1.29, 1.82) is 0 Å². The standard InChI is InChI=1S/C17H16ClNO3S/c1-19(2)12-16(17(20)13-8-10-14(18)11-9-13)23(21,22)15-6-4-3-5-7-15/h3-12H,1-2H3/b16-12+. The van der Waals surface area contributed by atoms with Gasteiger partial charge >= 0.3 is 0 Å². The number of Topliss-reactive ketones (excluding diaryl/α,β-unsaturated/α-hetero) is 1. The van der Waals surface area contributed by atoms with Crippen molar-refractivity contribution >= 4 is 27.2 Å². The number of carbonyl (C=O) groups excluding carboxylic acids is 1. The predicted molar refractivity (Wildman–Crippen MR) is 91.2 cm³/mol. The lowest BCUT2D eigenvalue weighted by Gasteiger charge is -2.12. The maximum atomic E-state index is 12.8. The van der Waals surface area contributed by atoms with Gasteiger partial charge in [-0.2, -0.15) is 0 Å². The van der Waals surface area contributed by atoms with Crippen LogP contribution in [0.4, 0.5) is 0 Å². The predicted octanol–water partition coefficient (Wildman–Crippen LogP) is 3.40. The number of hydrogen-bond acceptors (Lipinski definition) is 4. The number of benzene rings is 2. The molecule has 0 saturated carbocycles. The SMILES string of the molecule is CN(C)/C=C(\C(=O)c1ccc(Cl)cc1)S(=O)(=O)c1ccccc1. The number of sulfone groups is 1. The Morgan fingerprint density at radius 3 is 2.09 bits per heavy atom. The van der Waals surface area contributed by atoms with Crippen molar-refractivity contribution in [3.05, 3.63) is 76.3 Å². The van der Waals surface area contributed by atoms with E-state index in [9.17, 15) is 13.2 Å². The minimum absolute atomic E-state index is 0.0791. The molecule has 0 aliphatic carbocycles. The zero-order valence-electron chi connectivity index (χ0n) is 12.7. The van der Waals surface area contributed by atoms with E-state index in [0.29, 0.717) is 5.02 Å². The maximum Gasteiger partial charge on any atom is 0.211 e. The molecular formula is C17H16ClNO3S. The number of carbonyl (C=O) groups is 1. The molecule has 0 fully saturated rings. The fraction of sp³-hybridized carbons (Fsp3) is 0.118. The molecule has 0 saturated heterocycles. The van der Waals surface area contributed by atoms with Crippen molar-refractivity contribution in [2.45, 2.75) is 4.90 Å². The Morgan fingerprint density at radius 2 is 1.57 bits per heavy atom. The number of rotatable bonds is 5. The van der Waals surface area contributed by atoms with Crippen molar-refractivity contribution in [2.24, 2.45) is 0 Å². The second-order valence-electron chi connectivity index (χ2n) is 5.11. The van der Waals surface area contributed by atoms with Gasteiger partial charge in [-0.3, -0.25) is 4.79 Å². The van der Waals surface area contributed by atoms with E-state index in [1.807, 2.05) is 0 Å². The highest BCUT2D eigenvalue weighted by atomic mass is 35.5. The molecule has 0 radical (unpaired) electrons. The van der Waals surface area contributed by atoms with Crippen LogP contribution in [0.3, 0.4) is 0 Å². The lowest BCUT2D eigenvalue weighted by molar-refractivity contribution is 0.104. The average molecular weight is 350 g/mol. The molecule has 120 valence electrons. The van der Waals surface area contributed by atoms with E-state index >= 15 is 0 Å². The lowest BCUT2D eigenvalue weighted by atomic mass is 10.1. The summed E-state index contributed by atoms with van der Waals surface area (Å²) < 4.78 is 25.6. The van der Waals surface area contributed by atoms with Crippen molar-refractivity contribution in [3.8, 4) is 0 Å². The van der Waals surface area contributed by atoms with E-state index in [2.05, 4.69) is 0 Å². The van der Waals surface area contributed by atoms with Crippen LogP contribution >= 0.6 is 11.6 Å². The fourth-order valence-electron chi connectivity index (χ4n) is 1.95. The molecule has 0 unspecified atom stereocenters. The molecule has 6 heteroatoms. The van der Waals surface area contributed by atoms with Gasteiger partial charge < -0.3 is 4.90 Å². The summed E-state index contributed by atoms with van der Waals surface area (Å²) in [4.78, 5) is 14.0. The van der Waals surface area contributed by atoms with Crippen molar-refractivity contribution in [3.63, 3.8) is 0 Å². The number of nitrogens with zero attached hydrogens (tertiary/aromatic N) is 1. The normalized spacial score (nSPS) is 12.0. The molecule has 0 aliphatic heterocycles. The van der Waals surface area contributed by atoms with Gasteiger partial charge in [-0.25, -0.2) is 8.42 Å². The maximum absolute atomic E-state index is 12.8. The molecule has 0 atom stereocenters. The highest BCUT2D eigenvalue weighted by Crippen LogP contribution is 2.23. The Balaban J connectivity index is 2.54. The van der Waals surface area contributed by atoms with E-state index in [1.54, 1.807) is 44.4 Å². The average Bonchev–Trinajstić information content (AvgIpc) is 2.53. The molecule has 0 aromatic heterocycles. The lowest BCUT2D eigenvalue weighted by Crippen LogP contribution is -2.18. The summed E-state index contributed by atoms with van der Waals surface area (Å²) >= 11 is 5.81. The van der Waals surface area contributed by atoms with E-state index in [1.165, 1.54) is 35.4 Å². The quantitative estimate of drug-likeness (QED) is 0.613. The van der Waals surface area contributed by atoms with Crippen LogP contribution < -0.4 is 0 Å². The number of hydrogen-bond donors (Lipinski definition) is 0. The van der Waals surface area contributed by atoms with E-state index in [0.717, 1.165) is 0 Å².